The van der Waals surface area contributed by atoms with Crippen LogP contribution in [-0.2, 0) is 71.4 Å². The zero-order valence-corrected chi connectivity index (χ0v) is 8.58. The summed E-state index contributed by atoms with van der Waals surface area (Å²) in [5.41, 5.74) is 0. The maximum absolute atomic E-state index is 0. The molecule has 0 bridgehead atoms. The van der Waals surface area contributed by atoms with Gasteiger partial charge in [0.2, 0.25) is 0 Å². The van der Waals surface area contributed by atoms with Gasteiger partial charge < -0.3 is 1.43 Å². The molecule has 0 heterocycles. The molecule has 0 rings (SSSR count). The zero-order chi connectivity index (χ0) is 0. The van der Waals surface area contributed by atoms with Gasteiger partial charge in [0.05, 0.1) is 0 Å². The summed E-state index contributed by atoms with van der Waals surface area (Å²) in [6.45, 7) is 0. The fourth-order valence-electron chi connectivity index (χ4n) is 0. The second-order valence-electron chi connectivity index (χ2n) is 0. The first kappa shape index (κ1) is 45.9. The molecular formula is HCoLiMnNiW. The summed E-state index contributed by atoms with van der Waals surface area (Å²) in [4.78, 5) is 0. The van der Waals surface area contributed by atoms with E-state index in [1.54, 1.807) is 0 Å². The van der Waals surface area contributed by atoms with E-state index in [0.717, 1.165) is 0 Å². The largest absolute Gasteiger partial charge is 1.00 e. The predicted molar refractivity (Wildman–Crippen MR) is 1.11 cm³/mol. The minimum Gasteiger partial charge on any atom is -1.00 e. The van der Waals surface area contributed by atoms with Gasteiger partial charge in [-0.15, -0.1) is 0 Å². The molecule has 0 aliphatic heterocycles. The van der Waals surface area contributed by atoms with E-state index >= 15 is 0 Å². The molecule has 0 aromatic heterocycles. The van der Waals surface area contributed by atoms with Crippen LogP contribution in [0.3, 0.4) is 0 Å². The van der Waals surface area contributed by atoms with E-state index in [-0.39, 0.29) is 91.7 Å². The molecule has 0 saturated heterocycles. The normalized spacial score (nSPS) is 0. The molecule has 0 N–H and O–H groups in total. The van der Waals surface area contributed by atoms with Gasteiger partial charge in [0, 0.05) is 71.4 Å². The van der Waals surface area contributed by atoms with E-state index in [1.807, 2.05) is 0 Å². The van der Waals surface area contributed by atoms with Crippen LogP contribution in [0.5, 0.6) is 0 Å². The molecule has 0 spiro atoms. The quantitative estimate of drug-likeness (QED) is 0.405. The minimum atomic E-state index is 0. The molecule has 0 aliphatic rings. The minimum absolute atomic E-state index is 0. The Balaban J connectivity index is 0. The van der Waals surface area contributed by atoms with Crippen LogP contribution in [0.15, 0.2) is 0 Å². The van der Waals surface area contributed by atoms with Crippen molar-refractivity contribution in [1.82, 2.24) is 0 Å². The van der Waals surface area contributed by atoms with E-state index < -0.39 is 0 Å². The fraction of sp³-hybridized carbons (Fsp3) is 0. The van der Waals surface area contributed by atoms with Gasteiger partial charge in [-0.05, 0) is 0 Å². The Bertz CT molecular complexity index is 15.5. The first-order valence-corrected chi connectivity index (χ1v) is 0. The van der Waals surface area contributed by atoms with Crippen LogP contribution in [-0.4, -0.2) is 0 Å². The van der Waals surface area contributed by atoms with Crippen molar-refractivity contribution in [2.75, 3.05) is 0 Å². The van der Waals surface area contributed by atoms with Crippen molar-refractivity contribution < 1.29 is 91.7 Å². The summed E-state index contributed by atoms with van der Waals surface area (Å²) in [6.07, 6.45) is 0. The van der Waals surface area contributed by atoms with Crippen LogP contribution in [0.4, 0.5) is 0 Å². The summed E-state index contributed by atoms with van der Waals surface area (Å²) in [5, 5.41) is 0. The Hall–Kier alpha value is 2.81. The molecule has 0 amide bonds. The standard InChI is InChI=1S/Co.Li.Mn.Ni.W.H/q;+1;;;;-1. The van der Waals surface area contributed by atoms with Crippen LogP contribution < -0.4 is 18.9 Å². The van der Waals surface area contributed by atoms with Gasteiger partial charge in [0.1, 0.15) is 0 Å². The van der Waals surface area contributed by atoms with Crippen molar-refractivity contribution in [3.63, 3.8) is 0 Å². The monoisotopic (exact) mass is 364 g/mol. The Kier molecular flexibility index (Phi) is 268. The van der Waals surface area contributed by atoms with Gasteiger partial charge >= 0.3 is 18.9 Å². The van der Waals surface area contributed by atoms with Crippen molar-refractivity contribution in [2.45, 2.75) is 0 Å². The summed E-state index contributed by atoms with van der Waals surface area (Å²) in [6, 6.07) is 0. The van der Waals surface area contributed by atoms with Crippen molar-refractivity contribution >= 4 is 0 Å². The average molecular weight is 364 g/mol. The molecule has 34 valence electrons. The van der Waals surface area contributed by atoms with Crippen molar-refractivity contribution in [1.29, 1.82) is 0 Å². The van der Waals surface area contributed by atoms with Gasteiger partial charge in [0.25, 0.3) is 0 Å². The first-order valence-electron chi connectivity index (χ1n) is 0. The zero-order valence-electron chi connectivity index (χ0n) is 3.44. The second kappa shape index (κ2) is 29.1. The SMILES string of the molecule is [Co].[H-].[Li+].[Mn].[Ni].[W]. The van der Waals surface area contributed by atoms with Crippen LogP contribution >= 0.6 is 0 Å². The van der Waals surface area contributed by atoms with E-state index in [4.69, 9.17) is 0 Å². The Morgan fingerprint density at radius 3 is 1.20 bits per heavy atom. The van der Waals surface area contributed by atoms with E-state index in [0.29, 0.717) is 0 Å². The van der Waals surface area contributed by atoms with Crippen molar-refractivity contribution in [3.8, 4) is 0 Å². The maximum atomic E-state index is 0. The molecule has 0 saturated carbocycles. The fourth-order valence-corrected chi connectivity index (χ4v) is 0. The molecule has 5 heteroatoms. The third kappa shape index (κ3) is 20.0. The van der Waals surface area contributed by atoms with E-state index in [2.05, 4.69) is 0 Å². The van der Waals surface area contributed by atoms with Crippen LogP contribution in [0.2, 0.25) is 0 Å². The van der Waals surface area contributed by atoms with Gasteiger partial charge in [-0.3, -0.25) is 0 Å². The molecule has 0 unspecified atom stereocenters. The number of rotatable bonds is 0. The van der Waals surface area contributed by atoms with Crippen molar-refractivity contribution in [3.05, 3.63) is 0 Å². The third-order valence-corrected chi connectivity index (χ3v) is 0. The molecule has 0 atom stereocenters. The molecule has 0 nitrogen and oxygen atoms in total. The summed E-state index contributed by atoms with van der Waals surface area (Å²) < 4.78 is 0. The molecule has 5 heavy (non-hydrogen) atoms. The maximum Gasteiger partial charge on any atom is 1.00 e. The topological polar surface area (TPSA) is 0 Å². The second-order valence-corrected chi connectivity index (χ2v) is 0. The van der Waals surface area contributed by atoms with Gasteiger partial charge in [-0.1, -0.05) is 0 Å². The van der Waals surface area contributed by atoms with Gasteiger partial charge in [-0.25, -0.2) is 0 Å². The summed E-state index contributed by atoms with van der Waals surface area (Å²) in [5.74, 6) is 0. The first-order chi connectivity index (χ1) is 0. The molecule has 2 radical (unpaired) electrons. The molecular weight excluding hydrogens is 363 g/mol. The van der Waals surface area contributed by atoms with Gasteiger partial charge in [0.15, 0.2) is 0 Å². The summed E-state index contributed by atoms with van der Waals surface area (Å²) in [7, 11) is 0. The van der Waals surface area contributed by atoms with Crippen LogP contribution in [0.1, 0.15) is 1.43 Å². The Labute approximate surface area is 90.5 Å². The summed E-state index contributed by atoms with van der Waals surface area (Å²) >= 11 is 0. The smallest absolute Gasteiger partial charge is 1.00 e. The average Bonchev–Trinajstić information content (AvgIpc) is 0. The Morgan fingerprint density at radius 1 is 1.20 bits per heavy atom. The molecule has 0 aliphatic carbocycles. The Morgan fingerprint density at radius 2 is 1.20 bits per heavy atom. The molecule has 0 aromatic carbocycles. The van der Waals surface area contributed by atoms with Crippen molar-refractivity contribution in [2.24, 2.45) is 0 Å². The molecule has 0 aromatic rings. The van der Waals surface area contributed by atoms with Crippen LogP contribution in [0, 0.1) is 0 Å². The van der Waals surface area contributed by atoms with Crippen LogP contribution in [0.25, 0.3) is 0 Å². The third-order valence-electron chi connectivity index (χ3n) is 0. The number of hydrogen-bond acceptors (Lipinski definition) is 0. The van der Waals surface area contributed by atoms with E-state index in [1.165, 1.54) is 0 Å². The predicted octanol–water partition coefficient (Wildman–Crippen LogP) is -2.89. The van der Waals surface area contributed by atoms with Gasteiger partial charge in [-0.2, -0.15) is 0 Å². The number of hydrogen-bond donors (Lipinski definition) is 0. The molecule has 0 fully saturated rings. The van der Waals surface area contributed by atoms with E-state index in [9.17, 15) is 0 Å².